The molecule has 0 aromatic carbocycles. The number of hydrogen-bond donors (Lipinski definition) is 1. The summed E-state index contributed by atoms with van der Waals surface area (Å²) in [5.41, 5.74) is 6.14. The Bertz CT molecular complexity index is 606. The van der Waals surface area contributed by atoms with Gasteiger partial charge in [0.15, 0.2) is 0 Å². The molecule has 1 N–H and O–H groups in total. The van der Waals surface area contributed by atoms with Gasteiger partial charge in [0, 0.05) is 42.4 Å². The largest absolute Gasteiger partial charge is 0.381 e. The lowest BCUT2D eigenvalue weighted by Crippen LogP contribution is -2.46. The van der Waals surface area contributed by atoms with Crippen molar-refractivity contribution < 1.29 is 4.74 Å². The van der Waals surface area contributed by atoms with Crippen molar-refractivity contribution in [3.05, 3.63) is 22.3 Å². The van der Waals surface area contributed by atoms with Crippen molar-refractivity contribution in [2.24, 2.45) is 0 Å². The third kappa shape index (κ3) is 1.93. The zero-order chi connectivity index (χ0) is 12.7. The standard InChI is InChI=1S/C14H18N4O/c1-2-13-14-10(1)9-18(12-3-5-19-6-4-12)16-8-11(14)7-15-17-13/h7-8,12,16H,1-6,9H2. The van der Waals surface area contributed by atoms with Crippen LogP contribution in [0.15, 0.2) is 6.20 Å². The summed E-state index contributed by atoms with van der Waals surface area (Å²) in [6, 6.07) is 0.566. The molecule has 1 saturated heterocycles. The zero-order valence-electron chi connectivity index (χ0n) is 10.9. The van der Waals surface area contributed by atoms with Crippen LogP contribution in [0.3, 0.4) is 0 Å². The van der Waals surface area contributed by atoms with Gasteiger partial charge in [0.25, 0.3) is 0 Å². The van der Waals surface area contributed by atoms with Gasteiger partial charge in [0.2, 0.25) is 0 Å². The molecule has 0 bridgehead atoms. The van der Waals surface area contributed by atoms with Crippen LogP contribution in [0.5, 0.6) is 0 Å². The first-order valence-electron chi connectivity index (χ1n) is 7.05. The minimum absolute atomic E-state index is 0.566. The first-order chi connectivity index (χ1) is 9.42. The molecule has 1 aromatic heterocycles. The summed E-state index contributed by atoms with van der Waals surface area (Å²) in [4.78, 5) is 0. The molecule has 4 rings (SSSR count). The number of hydrazine groups is 1. The van der Waals surface area contributed by atoms with Crippen LogP contribution in [0.4, 0.5) is 0 Å². The summed E-state index contributed by atoms with van der Waals surface area (Å²) in [6.07, 6.45) is 8.32. The lowest BCUT2D eigenvalue weighted by Gasteiger charge is -2.33. The fraction of sp³-hybridized carbons (Fsp3) is 0.571. The lowest BCUT2D eigenvalue weighted by molar-refractivity contribution is 0.0284. The number of rotatable bonds is 1. The quantitative estimate of drug-likeness (QED) is 0.722. The second kappa shape index (κ2) is 4.58. The van der Waals surface area contributed by atoms with E-state index in [-0.39, 0.29) is 0 Å². The third-order valence-corrected chi connectivity index (χ3v) is 4.35. The van der Waals surface area contributed by atoms with E-state index in [4.69, 9.17) is 4.74 Å². The second-order valence-electron chi connectivity index (χ2n) is 5.47. The van der Waals surface area contributed by atoms with Crippen LogP contribution < -0.4 is 15.9 Å². The van der Waals surface area contributed by atoms with Gasteiger partial charge >= 0.3 is 0 Å². The van der Waals surface area contributed by atoms with Gasteiger partial charge in [-0.1, -0.05) is 0 Å². The maximum Gasteiger partial charge on any atom is 0.0713 e. The SMILES string of the molecule is C1=c2cnnc3c2=C(CC3)CN(C2CCOCC2)N1. The van der Waals surface area contributed by atoms with Gasteiger partial charge in [0.05, 0.1) is 11.9 Å². The summed E-state index contributed by atoms with van der Waals surface area (Å²) in [5, 5.41) is 13.3. The Labute approximate surface area is 111 Å². The molecule has 19 heavy (non-hydrogen) atoms. The van der Waals surface area contributed by atoms with Gasteiger partial charge in [0.1, 0.15) is 0 Å². The zero-order valence-corrected chi connectivity index (χ0v) is 10.9. The van der Waals surface area contributed by atoms with E-state index < -0.39 is 0 Å². The fourth-order valence-electron chi connectivity index (χ4n) is 3.32. The summed E-state index contributed by atoms with van der Waals surface area (Å²) >= 11 is 0. The molecule has 1 fully saturated rings. The second-order valence-corrected chi connectivity index (χ2v) is 5.47. The maximum atomic E-state index is 5.46. The number of ether oxygens (including phenoxy) is 1. The highest BCUT2D eigenvalue weighted by Gasteiger charge is 2.25. The Morgan fingerprint density at radius 2 is 2.16 bits per heavy atom. The Balaban J connectivity index is 1.71. The highest BCUT2D eigenvalue weighted by atomic mass is 16.5. The molecule has 3 aliphatic rings. The van der Waals surface area contributed by atoms with E-state index >= 15 is 0 Å². The van der Waals surface area contributed by atoms with Crippen molar-refractivity contribution in [1.82, 2.24) is 20.6 Å². The number of aryl methyl sites for hydroxylation is 1. The molecule has 3 heterocycles. The number of nitrogens with one attached hydrogen (secondary N) is 1. The number of nitrogens with zero attached hydrogens (tertiary/aromatic N) is 3. The average molecular weight is 258 g/mol. The van der Waals surface area contributed by atoms with Crippen molar-refractivity contribution in [2.45, 2.75) is 31.7 Å². The van der Waals surface area contributed by atoms with Crippen molar-refractivity contribution in [1.29, 1.82) is 0 Å². The lowest BCUT2D eigenvalue weighted by atomic mass is 10.1. The molecule has 0 radical (unpaired) electrons. The molecule has 100 valence electrons. The predicted octanol–water partition coefficient (Wildman–Crippen LogP) is -0.689. The van der Waals surface area contributed by atoms with Gasteiger partial charge < -0.3 is 10.2 Å². The highest BCUT2D eigenvalue weighted by molar-refractivity contribution is 5.54. The number of aromatic nitrogens is 2. The third-order valence-electron chi connectivity index (χ3n) is 4.35. The normalized spacial score (nSPS) is 23.5. The van der Waals surface area contributed by atoms with Crippen molar-refractivity contribution in [2.75, 3.05) is 19.8 Å². The smallest absolute Gasteiger partial charge is 0.0713 e. The average Bonchev–Trinajstić information content (AvgIpc) is 2.77. The molecular weight excluding hydrogens is 240 g/mol. The van der Waals surface area contributed by atoms with Crippen LogP contribution in [0.25, 0.3) is 11.8 Å². The Morgan fingerprint density at radius 1 is 1.26 bits per heavy atom. The van der Waals surface area contributed by atoms with E-state index in [1.807, 2.05) is 6.20 Å². The van der Waals surface area contributed by atoms with Crippen molar-refractivity contribution in [3.63, 3.8) is 0 Å². The van der Waals surface area contributed by atoms with Gasteiger partial charge in [-0.2, -0.15) is 10.2 Å². The summed E-state index contributed by atoms with van der Waals surface area (Å²) in [6.45, 7) is 2.74. The Hall–Kier alpha value is -1.46. The molecule has 5 heteroatoms. The van der Waals surface area contributed by atoms with Gasteiger partial charge in [-0.15, -0.1) is 0 Å². The molecule has 2 aliphatic heterocycles. The topological polar surface area (TPSA) is 50.3 Å². The molecule has 0 saturated carbocycles. The molecule has 1 aliphatic carbocycles. The maximum absolute atomic E-state index is 5.46. The van der Waals surface area contributed by atoms with E-state index in [0.717, 1.165) is 45.4 Å². The van der Waals surface area contributed by atoms with E-state index in [0.29, 0.717) is 6.04 Å². The van der Waals surface area contributed by atoms with Crippen LogP contribution >= 0.6 is 0 Å². The Morgan fingerprint density at radius 3 is 3.05 bits per heavy atom. The number of hydrogen-bond acceptors (Lipinski definition) is 5. The predicted molar refractivity (Wildman–Crippen MR) is 71.2 cm³/mol. The van der Waals surface area contributed by atoms with E-state index in [2.05, 4.69) is 26.8 Å². The Kier molecular flexibility index (Phi) is 2.74. The summed E-state index contributed by atoms with van der Waals surface area (Å²) in [5.74, 6) is 0. The first kappa shape index (κ1) is 11.4. The van der Waals surface area contributed by atoms with E-state index in [1.165, 1.54) is 21.7 Å². The van der Waals surface area contributed by atoms with E-state index in [1.54, 1.807) is 0 Å². The van der Waals surface area contributed by atoms with E-state index in [9.17, 15) is 0 Å². The summed E-state index contributed by atoms with van der Waals surface area (Å²) in [7, 11) is 0. The molecule has 0 atom stereocenters. The minimum Gasteiger partial charge on any atom is -0.381 e. The van der Waals surface area contributed by atoms with Crippen LogP contribution in [-0.4, -0.2) is 41.0 Å². The van der Waals surface area contributed by atoms with Gasteiger partial charge in [-0.05, 0) is 31.3 Å². The molecule has 0 spiro atoms. The molecule has 5 nitrogen and oxygen atoms in total. The van der Waals surface area contributed by atoms with Crippen LogP contribution in [-0.2, 0) is 11.2 Å². The van der Waals surface area contributed by atoms with Crippen molar-refractivity contribution in [3.8, 4) is 0 Å². The molecule has 1 aromatic rings. The monoisotopic (exact) mass is 258 g/mol. The molecular formula is C14H18N4O. The fourth-order valence-corrected chi connectivity index (χ4v) is 3.32. The van der Waals surface area contributed by atoms with Crippen LogP contribution in [0, 0.1) is 0 Å². The summed E-state index contributed by atoms with van der Waals surface area (Å²) < 4.78 is 5.46. The minimum atomic E-state index is 0.566. The molecule has 0 amide bonds. The highest BCUT2D eigenvalue weighted by Crippen LogP contribution is 2.18. The van der Waals surface area contributed by atoms with Crippen LogP contribution in [0.1, 0.15) is 25.0 Å². The first-order valence-corrected chi connectivity index (χ1v) is 7.05. The van der Waals surface area contributed by atoms with Gasteiger partial charge in [-0.3, -0.25) is 0 Å². The van der Waals surface area contributed by atoms with Crippen molar-refractivity contribution >= 4 is 11.8 Å². The van der Waals surface area contributed by atoms with Gasteiger partial charge in [-0.25, -0.2) is 5.01 Å². The molecule has 0 unspecified atom stereocenters. The van der Waals surface area contributed by atoms with Crippen LogP contribution in [0.2, 0.25) is 0 Å².